The van der Waals surface area contributed by atoms with Crippen molar-refractivity contribution in [1.29, 1.82) is 0 Å². The van der Waals surface area contributed by atoms with Gasteiger partial charge in [0.25, 0.3) is 0 Å². The highest BCUT2D eigenvalue weighted by atomic mass is 32.2. The van der Waals surface area contributed by atoms with Crippen LogP contribution in [0.4, 0.5) is 0 Å². The van der Waals surface area contributed by atoms with Crippen molar-refractivity contribution in [2.24, 2.45) is 5.92 Å². The van der Waals surface area contributed by atoms with E-state index in [9.17, 15) is 5.11 Å². The molecule has 0 amide bonds. The molecule has 0 heterocycles. The summed E-state index contributed by atoms with van der Waals surface area (Å²) in [4.78, 5) is 1.30. The van der Waals surface area contributed by atoms with Gasteiger partial charge in [0.15, 0.2) is 0 Å². The van der Waals surface area contributed by atoms with Gasteiger partial charge in [0, 0.05) is 18.0 Å². The zero-order valence-electron chi connectivity index (χ0n) is 14.0. The fourth-order valence-electron chi connectivity index (χ4n) is 2.58. The fourth-order valence-corrected chi connectivity index (χ4v) is 3.39. The number of benzene rings is 1. The summed E-state index contributed by atoms with van der Waals surface area (Å²) in [6, 6.07) is 9.02. The Morgan fingerprint density at radius 3 is 2.14 bits per heavy atom. The van der Waals surface area contributed by atoms with Crippen LogP contribution in [0.1, 0.15) is 57.9 Å². The summed E-state index contributed by atoms with van der Waals surface area (Å²) in [6.07, 6.45) is 4.53. The lowest BCUT2D eigenvalue weighted by Gasteiger charge is -2.19. The Balaban J connectivity index is 2.47. The third-order valence-corrected chi connectivity index (χ3v) is 5.26. The van der Waals surface area contributed by atoms with Crippen LogP contribution in [0.3, 0.4) is 0 Å². The molecule has 1 aromatic rings. The molecule has 0 spiro atoms. The second kappa shape index (κ2) is 10.3. The summed E-state index contributed by atoms with van der Waals surface area (Å²) in [5.41, 5.74) is 1.46. The van der Waals surface area contributed by atoms with Gasteiger partial charge in [0.1, 0.15) is 0 Å². The topological polar surface area (TPSA) is 23.5 Å². The molecule has 0 fully saturated rings. The van der Waals surface area contributed by atoms with Crippen LogP contribution in [0.2, 0.25) is 0 Å². The van der Waals surface area contributed by atoms with Crippen LogP contribution in [0, 0.1) is 5.92 Å². The maximum atomic E-state index is 9.23. The monoisotopic (exact) mass is 309 g/mol. The first-order valence-electron chi connectivity index (χ1n) is 8.24. The van der Waals surface area contributed by atoms with Gasteiger partial charge in [-0.1, -0.05) is 39.3 Å². The van der Waals surface area contributed by atoms with Gasteiger partial charge in [0.05, 0.1) is 0 Å². The van der Waals surface area contributed by atoms with Crippen LogP contribution >= 0.6 is 11.9 Å². The molecule has 1 rings (SSSR count). The quantitative estimate of drug-likeness (QED) is 0.619. The largest absolute Gasteiger partial charge is 0.396 e. The highest BCUT2D eigenvalue weighted by Gasteiger charge is 2.09. The zero-order chi connectivity index (χ0) is 15.7. The average Bonchev–Trinajstić information content (AvgIpc) is 2.51. The molecule has 0 aliphatic heterocycles. The van der Waals surface area contributed by atoms with E-state index < -0.39 is 0 Å². The third-order valence-electron chi connectivity index (χ3n) is 4.29. The highest BCUT2D eigenvalue weighted by molar-refractivity contribution is 7.97. The lowest BCUT2D eigenvalue weighted by Crippen LogP contribution is -2.16. The summed E-state index contributed by atoms with van der Waals surface area (Å²) >= 11 is 1.79. The van der Waals surface area contributed by atoms with Crippen molar-refractivity contribution in [3.05, 3.63) is 29.8 Å². The summed E-state index contributed by atoms with van der Waals surface area (Å²) in [7, 11) is 2.13. The van der Waals surface area contributed by atoms with Crippen LogP contribution in [-0.4, -0.2) is 29.6 Å². The van der Waals surface area contributed by atoms with Crippen molar-refractivity contribution in [2.45, 2.75) is 57.3 Å². The Labute approximate surface area is 135 Å². The van der Waals surface area contributed by atoms with Crippen molar-refractivity contribution in [1.82, 2.24) is 4.31 Å². The lowest BCUT2D eigenvalue weighted by atomic mass is 9.94. The van der Waals surface area contributed by atoms with E-state index in [1.54, 1.807) is 11.9 Å². The molecule has 0 saturated carbocycles. The van der Waals surface area contributed by atoms with Crippen molar-refractivity contribution in [3.8, 4) is 0 Å². The SMILES string of the molecule is CCC(CO)CCN(C)Sc1ccc(C(CC)CC)cc1. The van der Waals surface area contributed by atoms with Crippen LogP contribution in [0.5, 0.6) is 0 Å². The normalized spacial score (nSPS) is 13.1. The number of hydrogen-bond donors (Lipinski definition) is 1. The van der Waals surface area contributed by atoms with Crippen LogP contribution < -0.4 is 0 Å². The molecule has 0 bridgehead atoms. The van der Waals surface area contributed by atoms with Gasteiger partial charge in [-0.3, -0.25) is 0 Å². The first-order valence-corrected chi connectivity index (χ1v) is 9.01. The molecule has 0 aromatic heterocycles. The molecule has 0 radical (unpaired) electrons. The zero-order valence-corrected chi connectivity index (χ0v) is 14.8. The van der Waals surface area contributed by atoms with E-state index in [4.69, 9.17) is 0 Å². The summed E-state index contributed by atoms with van der Waals surface area (Å²) in [5, 5.41) is 9.23. The van der Waals surface area contributed by atoms with Gasteiger partial charge in [0.2, 0.25) is 0 Å². The number of aliphatic hydroxyl groups is 1. The van der Waals surface area contributed by atoms with Gasteiger partial charge in [-0.2, -0.15) is 0 Å². The van der Waals surface area contributed by atoms with Crippen LogP contribution in [-0.2, 0) is 0 Å². The van der Waals surface area contributed by atoms with Crippen molar-refractivity contribution >= 4 is 11.9 Å². The van der Waals surface area contributed by atoms with E-state index in [1.807, 2.05) is 0 Å². The molecular formula is C18H31NOS. The Kier molecular flexibility index (Phi) is 9.05. The summed E-state index contributed by atoms with van der Waals surface area (Å²) in [6.45, 7) is 7.98. The number of hydrogen-bond acceptors (Lipinski definition) is 3. The minimum absolute atomic E-state index is 0.305. The van der Waals surface area contributed by atoms with E-state index in [0.717, 1.165) is 19.4 Å². The lowest BCUT2D eigenvalue weighted by molar-refractivity contribution is 0.210. The standard InChI is InChI=1S/C18H31NOS/c1-5-15(14-20)12-13-19(4)21-18-10-8-17(9-11-18)16(6-2)7-3/h8-11,15-16,20H,5-7,12-14H2,1-4H3. The van der Waals surface area contributed by atoms with E-state index in [2.05, 4.69) is 56.4 Å². The van der Waals surface area contributed by atoms with E-state index in [0.29, 0.717) is 18.4 Å². The Hall–Kier alpha value is -0.510. The second-order valence-electron chi connectivity index (χ2n) is 5.77. The minimum Gasteiger partial charge on any atom is -0.396 e. The van der Waals surface area contributed by atoms with Gasteiger partial charge in [-0.25, -0.2) is 4.31 Å². The van der Waals surface area contributed by atoms with Gasteiger partial charge >= 0.3 is 0 Å². The van der Waals surface area contributed by atoms with E-state index >= 15 is 0 Å². The Morgan fingerprint density at radius 1 is 1.05 bits per heavy atom. The van der Waals surface area contributed by atoms with Crippen LogP contribution in [0.25, 0.3) is 0 Å². The predicted octanol–water partition coefficient (Wildman–Crippen LogP) is 4.94. The van der Waals surface area contributed by atoms with Crippen molar-refractivity contribution in [2.75, 3.05) is 20.2 Å². The highest BCUT2D eigenvalue weighted by Crippen LogP contribution is 2.27. The smallest absolute Gasteiger partial charge is 0.0459 e. The summed E-state index contributed by atoms with van der Waals surface area (Å²) in [5.74, 6) is 1.13. The van der Waals surface area contributed by atoms with Crippen LogP contribution in [0.15, 0.2) is 29.2 Å². The predicted molar refractivity (Wildman–Crippen MR) is 93.7 cm³/mol. The molecule has 120 valence electrons. The molecule has 0 aliphatic rings. The molecule has 2 nitrogen and oxygen atoms in total. The van der Waals surface area contributed by atoms with Crippen molar-refractivity contribution < 1.29 is 5.11 Å². The number of nitrogens with zero attached hydrogens (tertiary/aromatic N) is 1. The maximum Gasteiger partial charge on any atom is 0.0459 e. The molecule has 1 unspecified atom stereocenters. The fraction of sp³-hybridized carbons (Fsp3) is 0.667. The second-order valence-corrected chi connectivity index (χ2v) is 7.05. The summed E-state index contributed by atoms with van der Waals surface area (Å²) < 4.78 is 2.27. The first kappa shape index (κ1) is 18.5. The van der Waals surface area contributed by atoms with Gasteiger partial charge in [-0.15, -0.1) is 0 Å². The molecule has 1 aromatic carbocycles. The first-order chi connectivity index (χ1) is 10.1. The third kappa shape index (κ3) is 6.41. The maximum absolute atomic E-state index is 9.23. The number of rotatable bonds is 10. The average molecular weight is 310 g/mol. The minimum atomic E-state index is 0.305. The van der Waals surface area contributed by atoms with Gasteiger partial charge in [-0.05, 0) is 67.8 Å². The molecule has 1 atom stereocenters. The van der Waals surface area contributed by atoms with E-state index in [-0.39, 0.29) is 0 Å². The molecule has 0 aliphatic carbocycles. The molecule has 3 heteroatoms. The van der Waals surface area contributed by atoms with Crippen molar-refractivity contribution in [3.63, 3.8) is 0 Å². The molecule has 21 heavy (non-hydrogen) atoms. The van der Waals surface area contributed by atoms with Gasteiger partial charge < -0.3 is 5.11 Å². The molecule has 0 saturated heterocycles. The Morgan fingerprint density at radius 2 is 1.67 bits per heavy atom. The molecular weight excluding hydrogens is 278 g/mol. The molecule has 1 N–H and O–H groups in total. The van der Waals surface area contributed by atoms with E-state index in [1.165, 1.54) is 23.3 Å². The number of aliphatic hydroxyl groups excluding tert-OH is 1. The Bertz CT molecular complexity index is 371.